The van der Waals surface area contributed by atoms with E-state index in [1.807, 2.05) is 19.1 Å². The van der Waals surface area contributed by atoms with Gasteiger partial charge >= 0.3 is 0 Å². The van der Waals surface area contributed by atoms with Crippen LogP contribution >= 0.6 is 0 Å². The fourth-order valence-electron chi connectivity index (χ4n) is 2.42. The highest BCUT2D eigenvalue weighted by Crippen LogP contribution is 2.19. The SMILES string of the molecule is Cc1ccc(NS(=O)(=O)c2ccc(C)c(C(=O)NCCCCN)c2)cc1. The van der Waals surface area contributed by atoms with Crippen LogP contribution in [0.3, 0.4) is 0 Å². The number of rotatable bonds is 8. The third-order valence-electron chi connectivity index (χ3n) is 3.98. The molecule has 2 aromatic rings. The summed E-state index contributed by atoms with van der Waals surface area (Å²) in [6.07, 6.45) is 1.61. The van der Waals surface area contributed by atoms with Gasteiger partial charge in [0.2, 0.25) is 0 Å². The van der Waals surface area contributed by atoms with E-state index in [1.54, 1.807) is 25.1 Å². The van der Waals surface area contributed by atoms with E-state index in [0.29, 0.717) is 24.3 Å². The number of unbranched alkanes of at least 4 members (excludes halogenated alkanes) is 1. The van der Waals surface area contributed by atoms with Crippen LogP contribution in [-0.4, -0.2) is 27.4 Å². The van der Waals surface area contributed by atoms with Crippen LogP contribution in [0.15, 0.2) is 47.4 Å². The van der Waals surface area contributed by atoms with E-state index in [0.717, 1.165) is 24.0 Å². The third-order valence-corrected chi connectivity index (χ3v) is 5.36. The molecule has 0 spiro atoms. The second kappa shape index (κ2) is 8.82. The quantitative estimate of drug-likeness (QED) is 0.617. The first-order valence-corrected chi connectivity index (χ1v) is 10.0. The van der Waals surface area contributed by atoms with Crippen LogP contribution in [0.25, 0.3) is 0 Å². The summed E-state index contributed by atoms with van der Waals surface area (Å²) in [5.74, 6) is -0.285. The molecule has 0 bridgehead atoms. The lowest BCUT2D eigenvalue weighted by atomic mass is 10.1. The molecule has 4 N–H and O–H groups in total. The molecule has 6 nitrogen and oxygen atoms in total. The first-order valence-electron chi connectivity index (χ1n) is 8.52. The molecule has 0 saturated heterocycles. The molecule has 1 amide bonds. The van der Waals surface area contributed by atoms with Gasteiger partial charge in [-0.05, 0) is 63.1 Å². The fourth-order valence-corrected chi connectivity index (χ4v) is 3.50. The van der Waals surface area contributed by atoms with Gasteiger partial charge in [-0.15, -0.1) is 0 Å². The molecule has 0 saturated carbocycles. The average Bonchev–Trinajstić information content (AvgIpc) is 2.60. The first kappa shape index (κ1) is 19.9. The predicted molar refractivity (Wildman–Crippen MR) is 104 cm³/mol. The van der Waals surface area contributed by atoms with Crippen molar-refractivity contribution in [2.24, 2.45) is 5.73 Å². The van der Waals surface area contributed by atoms with Gasteiger partial charge in [-0.1, -0.05) is 23.8 Å². The van der Waals surface area contributed by atoms with E-state index >= 15 is 0 Å². The number of hydrogen-bond acceptors (Lipinski definition) is 4. The molecule has 0 aliphatic rings. The van der Waals surface area contributed by atoms with Crippen LogP contribution in [0.5, 0.6) is 0 Å². The monoisotopic (exact) mass is 375 g/mol. The Morgan fingerprint density at radius 3 is 2.38 bits per heavy atom. The molecule has 0 aliphatic carbocycles. The van der Waals surface area contributed by atoms with E-state index in [9.17, 15) is 13.2 Å². The minimum Gasteiger partial charge on any atom is -0.352 e. The second-order valence-corrected chi connectivity index (χ2v) is 7.88. The molecule has 26 heavy (non-hydrogen) atoms. The van der Waals surface area contributed by atoms with Crippen molar-refractivity contribution in [3.05, 3.63) is 59.2 Å². The van der Waals surface area contributed by atoms with Crippen LogP contribution in [0.4, 0.5) is 5.69 Å². The predicted octanol–water partition coefficient (Wildman–Crippen LogP) is 2.57. The number of hydrogen-bond donors (Lipinski definition) is 3. The number of carbonyl (C=O) groups is 1. The van der Waals surface area contributed by atoms with Gasteiger partial charge in [-0.3, -0.25) is 9.52 Å². The molecular weight excluding hydrogens is 350 g/mol. The molecule has 0 heterocycles. The molecule has 0 unspecified atom stereocenters. The lowest BCUT2D eigenvalue weighted by Crippen LogP contribution is -2.26. The number of aryl methyl sites for hydroxylation is 2. The summed E-state index contributed by atoms with van der Waals surface area (Å²) >= 11 is 0. The highest BCUT2D eigenvalue weighted by molar-refractivity contribution is 7.92. The summed E-state index contributed by atoms with van der Waals surface area (Å²) in [6.45, 7) is 4.79. The van der Waals surface area contributed by atoms with E-state index < -0.39 is 10.0 Å². The normalized spacial score (nSPS) is 11.2. The summed E-state index contributed by atoms with van der Waals surface area (Å²) in [6, 6.07) is 11.6. The highest BCUT2D eigenvalue weighted by atomic mass is 32.2. The maximum Gasteiger partial charge on any atom is 0.261 e. The third kappa shape index (κ3) is 5.31. The van der Waals surface area contributed by atoms with Crippen molar-refractivity contribution >= 4 is 21.6 Å². The Balaban J connectivity index is 2.18. The maximum atomic E-state index is 12.6. The summed E-state index contributed by atoms with van der Waals surface area (Å²) in [5.41, 5.74) is 8.02. The topological polar surface area (TPSA) is 101 Å². The summed E-state index contributed by atoms with van der Waals surface area (Å²) in [4.78, 5) is 12.4. The molecule has 0 radical (unpaired) electrons. The van der Waals surface area contributed by atoms with Gasteiger partial charge in [0.05, 0.1) is 4.90 Å². The minimum atomic E-state index is -3.77. The molecule has 2 rings (SSSR count). The molecule has 0 atom stereocenters. The minimum absolute atomic E-state index is 0.0517. The number of carbonyl (C=O) groups excluding carboxylic acids is 1. The molecule has 7 heteroatoms. The smallest absolute Gasteiger partial charge is 0.261 e. The standard InChI is InChI=1S/C19H25N3O3S/c1-14-5-8-16(9-6-14)22-26(24,25)17-10-7-15(2)18(13-17)19(23)21-12-4-3-11-20/h5-10,13,22H,3-4,11-12,20H2,1-2H3,(H,21,23). The maximum absolute atomic E-state index is 12.6. The van der Waals surface area contributed by atoms with E-state index in [2.05, 4.69) is 10.0 Å². The average molecular weight is 375 g/mol. The molecule has 0 aromatic heterocycles. The molecule has 0 fully saturated rings. The van der Waals surface area contributed by atoms with Crippen LogP contribution in [0.1, 0.15) is 34.3 Å². The summed E-state index contributed by atoms with van der Waals surface area (Å²) in [7, 11) is -3.77. The van der Waals surface area contributed by atoms with Gasteiger partial charge in [0.15, 0.2) is 0 Å². The number of anilines is 1. The molecule has 140 valence electrons. The zero-order valence-corrected chi connectivity index (χ0v) is 15.9. The Hall–Kier alpha value is -2.38. The van der Waals surface area contributed by atoms with Crippen molar-refractivity contribution in [3.8, 4) is 0 Å². The number of benzene rings is 2. The molecule has 0 aliphatic heterocycles. The van der Waals surface area contributed by atoms with E-state index in [-0.39, 0.29) is 10.8 Å². The van der Waals surface area contributed by atoms with Gasteiger partial charge in [0.25, 0.3) is 15.9 Å². The van der Waals surface area contributed by atoms with Crippen molar-refractivity contribution in [2.45, 2.75) is 31.6 Å². The first-order chi connectivity index (χ1) is 12.3. The lowest BCUT2D eigenvalue weighted by Gasteiger charge is -2.12. The van der Waals surface area contributed by atoms with E-state index in [4.69, 9.17) is 5.73 Å². The zero-order chi connectivity index (χ0) is 19.2. The Morgan fingerprint density at radius 2 is 1.73 bits per heavy atom. The van der Waals surface area contributed by atoms with E-state index in [1.165, 1.54) is 12.1 Å². The highest BCUT2D eigenvalue weighted by Gasteiger charge is 2.18. The van der Waals surface area contributed by atoms with Gasteiger partial charge in [-0.2, -0.15) is 0 Å². The van der Waals surface area contributed by atoms with Gasteiger partial charge < -0.3 is 11.1 Å². The lowest BCUT2D eigenvalue weighted by molar-refractivity contribution is 0.0952. The Bertz CT molecular complexity index is 862. The fraction of sp³-hybridized carbons (Fsp3) is 0.316. The van der Waals surface area contributed by atoms with Crippen LogP contribution in [-0.2, 0) is 10.0 Å². The van der Waals surface area contributed by atoms with Crippen LogP contribution in [0, 0.1) is 13.8 Å². The Labute approximate surface area is 154 Å². The second-order valence-electron chi connectivity index (χ2n) is 6.20. The van der Waals surface area contributed by atoms with Crippen molar-refractivity contribution in [1.82, 2.24) is 5.32 Å². The van der Waals surface area contributed by atoms with Crippen molar-refractivity contribution in [2.75, 3.05) is 17.8 Å². The van der Waals surface area contributed by atoms with Crippen LogP contribution in [0.2, 0.25) is 0 Å². The van der Waals surface area contributed by atoms with Crippen molar-refractivity contribution in [3.63, 3.8) is 0 Å². The van der Waals surface area contributed by atoms with Gasteiger partial charge in [0, 0.05) is 17.8 Å². The number of nitrogens with one attached hydrogen (secondary N) is 2. The molecule has 2 aromatic carbocycles. The van der Waals surface area contributed by atoms with Gasteiger partial charge in [0.1, 0.15) is 0 Å². The Kier molecular flexibility index (Phi) is 6.76. The van der Waals surface area contributed by atoms with Gasteiger partial charge in [-0.25, -0.2) is 8.42 Å². The summed E-state index contributed by atoms with van der Waals surface area (Å²) in [5, 5.41) is 2.80. The zero-order valence-electron chi connectivity index (χ0n) is 15.1. The molecular formula is C19H25N3O3S. The van der Waals surface area contributed by atoms with Crippen molar-refractivity contribution < 1.29 is 13.2 Å². The van der Waals surface area contributed by atoms with Crippen molar-refractivity contribution in [1.29, 1.82) is 0 Å². The number of nitrogens with two attached hydrogens (primary N) is 1. The summed E-state index contributed by atoms with van der Waals surface area (Å²) < 4.78 is 27.8. The largest absolute Gasteiger partial charge is 0.352 e. The Morgan fingerprint density at radius 1 is 1.04 bits per heavy atom. The number of amides is 1. The number of sulfonamides is 1. The van der Waals surface area contributed by atoms with Crippen LogP contribution < -0.4 is 15.8 Å².